The lowest BCUT2D eigenvalue weighted by atomic mass is 10.0. The summed E-state index contributed by atoms with van der Waals surface area (Å²) >= 11 is 0. The Morgan fingerprint density at radius 3 is 2.17 bits per heavy atom. The minimum Gasteiger partial charge on any atom is -0.347 e. The highest BCUT2D eigenvalue weighted by Crippen LogP contribution is 2.16. The molecule has 0 fully saturated rings. The van der Waals surface area contributed by atoms with Crippen LogP contribution < -0.4 is 10.6 Å². The van der Waals surface area contributed by atoms with Gasteiger partial charge in [0.05, 0.1) is 13.0 Å². The van der Waals surface area contributed by atoms with Gasteiger partial charge in [-0.15, -0.1) is 0 Å². The van der Waals surface area contributed by atoms with Crippen LogP contribution in [-0.2, 0) is 16.0 Å². The summed E-state index contributed by atoms with van der Waals surface area (Å²) in [7, 11) is 0. The Morgan fingerprint density at radius 2 is 1.58 bits per heavy atom. The number of amides is 2. The summed E-state index contributed by atoms with van der Waals surface area (Å²) in [5.41, 5.74) is 2.58. The minimum absolute atomic E-state index is 0.105. The highest BCUT2D eigenvalue weighted by molar-refractivity contribution is 5.94. The van der Waals surface area contributed by atoms with Crippen molar-refractivity contribution in [3.05, 3.63) is 65.5 Å². The molecule has 0 radical (unpaired) electrons. The number of hydrogen-bond donors (Lipinski definition) is 2. The van der Waals surface area contributed by atoms with Crippen molar-refractivity contribution in [3.8, 4) is 0 Å². The topological polar surface area (TPSA) is 58.2 Å². The molecule has 0 aromatic heterocycles. The lowest BCUT2D eigenvalue weighted by molar-refractivity contribution is -0.123. The zero-order valence-electron chi connectivity index (χ0n) is 13.8. The van der Waals surface area contributed by atoms with Gasteiger partial charge in [-0.25, -0.2) is 4.39 Å². The third-order valence-electron chi connectivity index (χ3n) is 3.59. The SMILES string of the molecule is CC(C)c1ccc(NC(=O)CNC(=O)Cc2ccc(F)cc2)cc1. The number of nitrogens with one attached hydrogen (secondary N) is 2. The molecule has 0 aliphatic carbocycles. The Morgan fingerprint density at radius 1 is 0.958 bits per heavy atom. The van der Waals surface area contributed by atoms with Crippen LogP contribution in [0.2, 0.25) is 0 Å². The lowest BCUT2D eigenvalue weighted by Crippen LogP contribution is -2.33. The van der Waals surface area contributed by atoms with E-state index in [2.05, 4.69) is 24.5 Å². The molecule has 0 saturated carbocycles. The van der Waals surface area contributed by atoms with Gasteiger partial charge in [-0.05, 0) is 41.3 Å². The Balaban J connectivity index is 1.77. The van der Waals surface area contributed by atoms with Crippen LogP contribution in [0.3, 0.4) is 0 Å². The molecule has 0 aliphatic heterocycles. The average Bonchev–Trinajstić information content (AvgIpc) is 2.55. The van der Waals surface area contributed by atoms with Crippen molar-refractivity contribution in [2.75, 3.05) is 11.9 Å². The molecule has 0 bridgehead atoms. The van der Waals surface area contributed by atoms with E-state index in [1.165, 1.54) is 17.7 Å². The van der Waals surface area contributed by atoms with Crippen molar-refractivity contribution >= 4 is 17.5 Å². The van der Waals surface area contributed by atoms with Crippen molar-refractivity contribution < 1.29 is 14.0 Å². The maximum Gasteiger partial charge on any atom is 0.243 e. The molecule has 0 aliphatic rings. The molecule has 0 atom stereocenters. The zero-order chi connectivity index (χ0) is 17.5. The van der Waals surface area contributed by atoms with E-state index in [1.807, 2.05) is 24.3 Å². The number of benzene rings is 2. The van der Waals surface area contributed by atoms with Crippen LogP contribution in [0.5, 0.6) is 0 Å². The predicted octanol–water partition coefficient (Wildman–Crippen LogP) is 3.25. The predicted molar refractivity (Wildman–Crippen MR) is 92.3 cm³/mol. The second-order valence-corrected chi connectivity index (χ2v) is 5.90. The van der Waals surface area contributed by atoms with Crippen molar-refractivity contribution in [3.63, 3.8) is 0 Å². The largest absolute Gasteiger partial charge is 0.347 e. The highest BCUT2D eigenvalue weighted by Gasteiger charge is 2.07. The highest BCUT2D eigenvalue weighted by atomic mass is 19.1. The van der Waals surface area contributed by atoms with Gasteiger partial charge in [0, 0.05) is 5.69 Å². The van der Waals surface area contributed by atoms with Crippen molar-refractivity contribution in [2.24, 2.45) is 0 Å². The first kappa shape index (κ1) is 17.7. The average molecular weight is 328 g/mol. The fraction of sp³-hybridized carbons (Fsp3) is 0.263. The first-order chi connectivity index (χ1) is 11.4. The molecule has 2 N–H and O–H groups in total. The van der Waals surface area contributed by atoms with Gasteiger partial charge < -0.3 is 10.6 Å². The van der Waals surface area contributed by atoms with Gasteiger partial charge in [0.2, 0.25) is 11.8 Å². The Kier molecular flexibility index (Phi) is 6.07. The standard InChI is InChI=1S/C19H21FN2O2/c1-13(2)15-5-9-17(10-6-15)22-19(24)12-21-18(23)11-14-3-7-16(20)8-4-14/h3-10,13H,11-12H2,1-2H3,(H,21,23)(H,22,24). The smallest absolute Gasteiger partial charge is 0.243 e. The van der Waals surface area contributed by atoms with Gasteiger partial charge >= 0.3 is 0 Å². The Hall–Kier alpha value is -2.69. The summed E-state index contributed by atoms with van der Waals surface area (Å²) in [5, 5.41) is 5.28. The van der Waals surface area contributed by atoms with E-state index in [0.717, 1.165) is 0 Å². The summed E-state index contributed by atoms with van der Waals surface area (Å²) in [5.74, 6) is -0.491. The zero-order valence-corrected chi connectivity index (χ0v) is 13.8. The van der Waals surface area contributed by atoms with E-state index < -0.39 is 0 Å². The number of rotatable bonds is 6. The van der Waals surface area contributed by atoms with Crippen LogP contribution >= 0.6 is 0 Å². The minimum atomic E-state index is -0.345. The second kappa shape index (κ2) is 8.24. The van der Waals surface area contributed by atoms with E-state index >= 15 is 0 Å². The summed E-state index contributed by atoms with van der Waals surface area (Å²) in [6, 6.07) is 13.3. The number of carbonyl (C=O) groups excluding carboxylic acids is 2. The molecule has 2 aromatic rings. The van der Waals surface area contributed by atoms with Crippen LogP contribution in [0.4, 0.5) is 10.1 Å². The Bertz CT molecular complexity index is 694. The van der Waals surface area contributed by atoms with Crippen LogP contribution in [0.25, 0.3) is 0 Å². The molecule has 2 amide bonds. The molecule has 0 spiro atoms. The molecule has 4 nitrogen and oxygen atoms in total. The lowest BCUT2D eigenvalue weighted by Gasteiger charge is -2.09. The number of anilines is 1. The van der Waals surface area contributed by atoms with Gasteiger partial charge in [0.15, 0.2) is 0 Å². The number of carbonyl (C=O) groups is 2. The molecule has 2 rings (SSSR count). The summed E-state index contributed by atoms with van der Waals surface area (Å²) in [6.45, 7) is 4.10. The van der Waals surface area contributed by atoms with E-state index in [1.54, 1.807) is 12.1 Å². The van der Waals surface area contributed by atoms with Crippen molar-refractivity contribution in [1.29, 1.82) is 0 Å². The van der Waals surface area contributed by atoms with Crippen LogP contribution in [0, 0.1) is 5.82 Å². The molecule has 0 saturated heterocycles. The summed E-state index contributed by atoms with van der Waals surface area (Å²) in [4.78, 5) is 23.6. The maximum atomic E-state index is 12.8. The van der Waals surface area contributed by atoms with Crippen LogP contribution in [-0.4, -0.2) is 18.4 Å². The van der Waals surface area contributed by atoms with Crippen molar-refractivity contribution in [1.82, 2.24) is 5.32 Å². The normalized spacial score (nSPS) is 10.5. The summed E-state index contributed by atoms with van der Waals surface area (Å²) in [6.07, 6.45) is 0.108. The van der Waals surface area contributed by atoms with Gasteiger partial charge in [0.25, 0.3) is 0 Å². The van der Waals surface area contributed by atoms with Crippen LogP contribution in [0.15, 0.2) is 48.5 Å². The molecule has 0 unspecified atom stereocenters. The fourth-order valence-electron chi connectivity index (χ4n) is 2.19. The first-order valence-electron chi connectivity index (χ1n) is 7.85. The van der Waals surface area contributed by atoms with Gasteiger partial charge in [-0.1, -0.05) is 38.1 Å². The first-order valence-corrected chi connectivity index (χ1v) is 7.85. The molecule has 24 heavy (non-hydrogen) atoms. The van der Waals surface area contributed by atoms with E-state index in [0.29, 0.717) is 17.2 Å². The molecular weight excluding hydrogens is 307 g/mol. The third-order valence-corrected chi connectivity index (χ3v) is 3.59. The monoisotopic (exact) mass is 328 g/mol. The van der Waals surface area contributed by atoms with E-state index in [9.17, 15) is 14.0 Å². The van der Waals surface area contributed by atoms with E-state index in [-0.39, 0.29) is 30.6 Å². The third kappa shape index (κ3) is 5.50. The molecular formula is C19H21FN2O2. The molecule has 126 valence electrons. The quantitative estimate of drug-likeness (QED) is 0.855. The van der Waals surface area contributed by atoms with Gasteiger partial charge in [-0.2, -0.15) is 0 Å². The van der Waals surface area contributed by atoms with Crippen molar-refractivity contribution in [2.45, 2.75) is 26.2 Å². The fourth-order valence-corrected chi connectivity index (χ4v) is 2.19. The van der Waals surface area contributed by atoms with E-state index in [4.69, 9.17) is 0 Å². The maximum absolute atomic E-state index is 12.8. The van der Waals surface area contributed by atoms with Gasteiger partial charge in [-0.3, -0.25) is 9.59 Å². The number of hydrogen-bond acceptors (Lipinski definition) is 2. The van der Waals surface area contributed by atoms with Crippen LogP contribution in [0.1, 0.15) is 30.9 Å². The molecule has 2 aromatic carbocycles. The second-order valence-electron chi connectivity index (χ2n) is 5.90. The van der Waals surface area contributed by atoms with Gasteiger partial charge in [0.1, 0.15) is 5.82 Å². The molecule has 5 heteroatoms. The summed E-state index contributed by atoms with van der Waals surface area (Å²) < 4.78 is 12.8. The molecule has 0 heterocycles. The number of halogens is 1. The Labute approximate surface area is 141 Å².